The standard InChI is InChI=1S/C14H20N2O/c15-11-14(9-5-2-6-10-14)13(17)16-12-7-3-1-4-8-12/h1,3,12H,2,4-10H2,(H,16,17). The normalized spacial score (nSPS) is 27.1. The Labute approximate surface area is 103 Å². The molecule has 92 valence electrons. The average Bonchev–Trinajstić information content (AvgIpc) is 2.40. The predicted octanol–water partition coefficient (Wildman–Crippen LogP) is 2.69. The van der Waals surface area contributed by atoms with Crippen molar-refractivity contribution in [3.63, 3.8) is 0 Å². The Balaban J connectivity index is 1.97. The van der Waals surface area contributed by atoms with Gasteiger partial charge in [0.1, 0.15) is 5.41 Å². The molecule has 1 N–H and O–H groups in total. The first-order valence-electron chi connectivity index (χ1n) is 6.64. The number of carbonyl (C=O) groups is 1. The van der Waals surface area contributed by atoms with Gasteiger partial charge in [-0.2, -0.15) is 5.26 Å². The lowest BCUT2D eigenvalue weighted by molar-refractivity contribution is -0.130. The van der Waals surface area contributed by atoms with E-state index in [-0.39, 0.29) is 11.9 Å². The molecule has 0 aromatic rings. The predicted molar refractivity (Wildman–Crippen MR) is 66.1 cm³/mol. The van der Waals surface area contributed by atoms with E-state index in [1.807, 2.05) is 0 Å². The molecule has 17 heavy (non-hydrogen) atoms. The fourth-order valence-corrected chi connectivity index (χ4v) is 2.79. The molecular formula is C14H20N2O. The Morgan fingerprint density at radius 2 is 2.06 bits per heavy atom. The van der Waals surface area contributed by atoms with E-state index in [1.54, 1.807) is 0 Å². The van der Waals surface area contributed by atoms with Crippen LogP contribution in [-0.2, 0) is 4.79 Å². The molecule has 2 aliphatic carbocycles. The summed E-state index contributed by atoms with van der Waals surface area (Å²) in [6, 6.07) is 2.51. The van der Waals surface area contributed by atoms with Crippen LogP contribution < -0.4 is 5.32 Å². The third kappa shape index (κ3) is 2.69. The Kier molecular flexibility index (Phi) is 3.83. The molecule has 1 fully saturated rings. The van der Waals surface area contributed by atoms with Crippen molar-refractivity contribution in [2.75, 3.05) is 0 Å². The van der Waals surface area contributed by atoms with Gasteiger partial charge in [0.2, 0.25) is 5.91 Å². The number of allylic oxidation sites excluding steroid dienone is 1. The van der Waals surface area contributed by atoms with Gasteiger partial charge in [-0.05, 0) is 32.1 Å². The van der Waals surface area contributed by atoms with Gasteiger partial charge in [0.05, 0.1) is 6.07 Å². The van der Waals surface area contributed by atoms with Crippen molar-refractivity contribution in [1.29, 1.82) is 5.26 Å². The minimum Gasteiger partial charge on any atom is -0.352 e. The van der Waals surface area contributed by atoms with Crippen molar-refractivity contribution < 1.29 is 4.79 Å². The molecule has 0 aliphatic heterocycles. The highest BCUT2D eigenvalue weighted by Crippen LogP contribution is 2.36. The van der Waals surface area contributed by atoms with Crippen LogP contribution >= 0.6 is 0 Å². The van der Waals surface area contributed by atoms with Crippen molar-refractivity contribution in [3.05, 3.63) is 12.2 Å². The molecular weight excluding hydrogens is 212 g/mol. The Morgan fingerprint density at radius 1 is 1.29 bits per heavy atom. The zero-order valence-electron chi connectivity index (χ0n) is 10.2. The van der Waals surface area contributed by atoms with E-state index in [0.29, 0.717) is 0 Å². The van der Waals surface area contributed by atoms with Crippen LogP contribution in [-0.4, -0.2) is 11.9 Å². The first-order valence-corrected chi connectivity index (χ1v) is 6.64. The number of nitrogens with one attached hydrogen (secondary N) is 1. The molecule has 0 heterocycles. The second kappa shape index (κ2) is 5.35. The van der Waals surface area contributed by atoms with Crippen LogP contribution in [0.2, 0.25) is 0 Å². The monoisotopic (exact) mass is 232 g/mol. The molecule has 1 amide bonds. The Bertz CT molecular complexity index is 348. The molecule has 2 aliphatic rings. The average molecular weight is 232 g/mol. The fourth-order valence-electron chi connectivity index (χ4n) is 2.79. The summed E-state index contributed by atoms with van der Waals surface area (Å²) in [5.74, 6) is -0.0278. The minimum absolute atomic E-state index is 0.0278. The summed E-state index contributed by atoms with van der Waals surface area (Å²) in [5, 5.41) is 12.4. The molecule has 2 rings (SSSR count). The van der Waals surface area contributed by atoms with Crippen molar-refractivity contribution in [2.24, 2.45) is 5.41 Å². The van der Waals surface area contributed by atoms with Gasteiger partial charge < -0.3 is 5.32 Å². The van der Waals surface area contributed by atoms with E-state index in [1.165, 1.54) is 0 Å². The first-order chi connectivity index (χ1) is 8.27. The highest BCUT2D eigenvalue weighted by Gasteiger charge is 2.40. The first kappa shape index (κ1) is 12.2. The summed E-state index contributed by atoms with van der Waals surface area (Å²) >= 11 is 0. The summed E-state index contributed by atoms with van der Waals surface area (Å²) < 4.78 is 0. The topological polar surface area (TPSA) is 52.9 Å². The van der Waals surface area contributed by atoms with Gasteiger partial charge in [-0.1, -0.05) is 31.4 Å². The zero-order chi connectivity index (χ0) is 12.1. The van der Waals surface area contributed by atoms with E-state index in [9.17, 15) is 10.1 Å². The SMILES string of the molecule is N#CC1(C(=O)NC2CC=CCC2)CCCCC1. The van der Waals surface area contributed by atoms with E-state index < -0.39 is 5.41 Å². The Morgan fingerprint density at radius 3 is 2.65 bits per heavy atom. The lowest BCUT2D eigenvalue weighted by Crippen LogP contribution is -2.46. The largest absolute Gasteiger partial charge is 0.352 e. The number of rotatable bonds is 2. The van der Waals surface area contributed by atoms with Crippen molar-refractivity contribution in [3.8, 4) is 6.07 Å². The van der Waals surface area contributed by atoms with Crippen LogP contribution in [0.1, 0.15) is 51.4 Å². The van der Waals surface area contributed by atoms with Crippen molar-refractivity contribution in [1.82, 2.24) is 5.32 Å². The molecule has 1 atom stereocenters. The number of amides is 1. The molecule has 0 saturated heterocycles. The van der Waals surface area contributed by atoms with Gasteiger partial charge in [-0.25, -0.2) is 0 Å². The fraction of sp³-hybridized carbons (Fsp3) is 0.714. The number of carbonyl (C=O) groups excluding carboxylic acids is 1. The van der Waals surface area contributed by atoms with Crippen molar-refractivity contribution in [2.45, 2.75) is 57.4 Å². The molecule has 0 aromatic heterocycles. The number of hydrogen-bond donors (Lipinski definition) is 1. The molecule has 3 nitrogen and oxygen atoms in total. The maximum absolute atomic E-state index is 12.3. The van der Waals surface area contributed by atoms with Crippen molar-refractivity contribution >= 4 is 5.91 Å². The van der Waals surface area contributed by atoms with Crippen LogP contribution in [0.3, 0.4) is 0 Å². The summed E-state index contributed by atoms with van der Waals surface area (Å²) in [7, 11) is 0. The Hall–Kier alpha value is -1.30. The highest BCUT2D eigenvalue weighted by atomic mass is 16.2. The van der Waals surface area contributed by atoms with Gasteiger partial charge in [-0.15, -0.1) is 0 Å². The summed E-state index contributed by atoms with van der Waals surface area (Å²) in [6.45, 7) is 0. The molecule has 0 bridgehead atoms. The number of nitriles is 1. The number of nitrogens with zero attached hydrogens (tertiary/aromatic N) is 1. The van der Waals surface area contributed by atoms with Crippen LogP contribution in [0.4, 0.5) is 0 Å². The quantitative estimate of drug-likeness (QED) is 0.744. The summed E-state index contributed by atoms with van der Waals surface area (Å²) in [4.78, 5) is 12.3. The molecule has 3 heteroatoms. The van der Waals surface area contributed by atoms with Crippen LogP contribution in [0.25, 0.3) is 0 Å². The van der Waals surface area contributed by atoms with Gasteiger partial charge in [0.15, 0.2) is 0 Å². The van der Waals surface area contributed by atoms with Gasteiger partial charge in [0, 0.05) is 6.04 Å². The second-order valence-electron chi connectivity index (χ2n) is 5.21. The summed E-state index contributed by atoms with van der Waals surface area (Å²) in [6.07, 6.45) is 11.9. The molecule has 1 saturated carbocycles. The summed E-state index contributed by atoms with van der Waals surface area (Å²) in [5.41, 5.74) is -0.737. The lowest BCUT2D eigenvalue weighted by Gasteiger charge is -2.31. The highest BCUT2D eigenvalue weighted by molar-refractivity contribution is 5.85. The molecule has 0 spiro atoms. The van der Waals surface area contributed by atoms with E-state index in [0.717, 1.165) is 51.4 Å². The van der Waals surface area contributed by atoms with Gasteiger partial charge >= 0.3 is 0 Å². The maximum Gasteiger partial charge on any atom is 0.240 e. The van der Waals surface area contributed by atoms with E-state index in [2.05, 4.69) is 23.5 Å². The molecule has 1 unspecified atom stereocenters. The zero-order valence-corrected chi connectivity index (χ0v) is 10.2. The minimum atomic E-state index is -0.737. The van der Waals surface area contributed by atoms with Crippen LogP contribution in [0.15, 0.2) is 12.2 Å². The molecule has 0 aromatic carbocycles. The lowest BCUT2D eigenvalue weighted by atomic mass is 9.74. The van der Waals surface area contributed by atoms with Gasteiger partial charge in [-0.3, -0.25) is 4.79 Å². The van der Waals surface area contributed by atoms with E-state index >= 15 is 0 Å². The molecule has 0 radical (unpaired) electrons. The van der Waals surface area contributed by atoms with E-state index in [4.69, 9.17) is 0 Å². The second-order valence-corrected chi connectivity index (χ2v) is 5.21. The maximum atomic E-state index is 12.3. The van der Waals surface area contributed by atoms with Crippen LogP contribution in [0, 0.1) is 16.7 Å². The van der Waals surface area contributed by atoms with Gasteiger partial charge in [0.25, 0.3) is 0 Å². The number of hydrogen-bond acceptors (Lipinski definition) is 2. The smallest absolute Gasteiger partial charge is 0.240 e. The third-order valence-corrected chi connectivity index (χ3v) is 3.96. The van der Waals surface area contributed by atoms with Crippen LogP contribution in [0.5, 0.6) is 0 Å². The third-order valence-electron chi connectivity index (χ3n) is 3.96.